The molecule has 0 saturated carbocycles. The van der Waals surface area contributed by atoms with Crippen LogP contribution in [0.1, 0.15) is 26.7 Å². The Morgan fingerprint density at radius 1 is 1.55 bits per heavy atom. The van der Waals surface area contributed by atoms with Gasteiger partial charge in [-0.1, -0.05) is 6.92 Å². The molecule has 64 valence electrons. The minimum atomic E-state index is -0.774. The Kier molecular flexibility index (Phi) is 2.37. The highest BCUT2D eigenvalue weighted by atomic mass is 16.4. The first-order valence-corrected chi connectivity index (χ1v) is 4.11. The molecule has 1 rings (SSSR count). The molecule has 0 spiro atoms. The highest BCUT2D eigenvalue weighted by molar-refractivity contribution is 5.65. The number of carbonyl (C=O) groups is 1. The van der Waals surface area contributed by atoms with E-state index in [1.54, 1.807) is 0 Å². The number of piperidine rings is 1. The standard InChI is InChI=1S/C8H15NO2/c1-6-3-4-9(8(10)11)7(2)5-6/h6-7H,3-5H2,1-2H3,(H,10,11). The molecule has 1 heterocycles. The molecule has 0 bridgehead atoms. The van der Waals surface area contributed by atoms with Crippen LogP contribution in [0.25, 0.3) is 0 Å². The predicted molar refractivity (Wildman–Crippen MR) is 42.6 cm³/mol. The van der Waals surface area contributed by atoms with Crippen molar-refractivity contribution in [2.75, 3.05) is 6.54 Å². The molecule has 0 aromatic rings. The van der Waals surface area contributed by atoms with Crippen molar-refractivity contribution in [2.24, 2.45) is 5.92 Å². The number of carboxylic acid groups (broad SMARTS) is 1. The monoisotopic (exact) mass is 157 g/mol. The number of rotatable bonds is 0. The zero-order valence-corrected chi connectivity index (χ0v) is 7.08. The second kappa shape index (κ2) is 3.11. The van der Waals surface area contributed by atoms with Crippen LogP contribution in [-0.4, -0.2) is 28.7 Å². The molecule has 0 aliphatic carbocycles. The highest BCUT2D eigenvalue weighted by Gasteiger charge is 2.25. The van der Waals surface area contributed by atoms with Crippen molar-refractivity contribution in [3.8, 4) is 0 Å². The summed E-state index contributed by atoms with van der Waals surface area (Å²) in [5, 5.41) is 8.72. The van der Waals surface area contributed by atoms with Gasteiger partial charge in [0.25, 0.3) is 0 Å². The first-order valence-electron chi connectivity index (χ1n) is 4.11. The lowest BCUT2D eigenvalue weighted by Crippen LogP contribution is -2.43. The van der Waals surface area contributed by atoms with Crippen molar-refractivity contribution in [3.05, 3.63) is 0 Å². The van der Waals surface area contributed by atoms with E-state index in [4.69, 9.17) is 5.11 Å². The Bertz CT molecular complexity index is 158. The average Bonchev–Trinajstić information content (AvgIpc) is 1.85. The first-order chi connectivity index (χ1) is 5.11. The normalized spacial score (nSPS) is 32.0. The molecule has 1 saturated heterocycles. The summed E-state index contributed by atoms with van der Waals surface area (Å²) < 4.78 is 0. The Hall–Kier alpha value is -0.730. The van der Waals surface area contributed by atoms with Crippen molar-refractivity contribution in [3.63, 3.8) is 0 Å². The Balaban J connectivity index is 2.50. The van der Waals surface area contributed by atoms with Gasteiger partial charge in [-0.3, -0.25) is 0 Å². The quantitative estimate of drug-likeness (QED) is 0.582. The van der Waals surface area contributed by atoms with Crippen LogP contribution in [-0.2, 0) is 0 Å². The van der Waals surface area contributed by atoms with Gasteiger partial charge in [-0.05, 0) is 25.7 Å². The third-order valence-corrected chi connectivity index (χ3v) is 2.38. The number of likely N-dealkylation sites (tertiary alicyclic amines) is 1. The number of hydrogen-bond acceptors (Lipinski definition) is 1. The lowest BCUT2D eigenvalue weighted by atomic mass is 9.94. The third kappa shape index (κ3) is 1.85. The van der Waals surface area contributed by atoms with Crippen LogP contribution in [0, 0.1) is 5.92 Å². The number of amides is 1. The summed E-state index contributed by atoms with van der Waals surface area (Å²) in [7, 11) is 0. The van der Waals surface area contributed by atoms with Crippen LogP contribution in [0.3, 0.4) is 0 Å². The fourth-order valence-electron chi connectivity index (χ4n) is 1.69. The van der Waals surface area contributed by atoms with Gasteiger partial charge in [0.15, 0.2) is 0 Å². The van der Waals surface area contributed by atoms with Gasteiger partial charge >= 0.3 is 6.09 Å². The van der Waals surface area contributed by atoms with E-state index in [-0.39, 0.29) is 6.04 Å². The maximum absolute atomic E-state index is 10.6. The molecule has 11 heavy (non-hydrogen) atoms. The van der Waals surface area contributed by atoms with E-state index in [0.29, 0.717) is 12.5 Å². The Morgan fingerprint density at radius 3 is 2.64 bits per heavy atom. The highest BCUT2D eigenvalue weighted by Crippen LogP contribution is 2.21. The van der Waals surface area contributed by atoms with Crippen molar-refractivity contribution in [2.45, 2.75) is 32.7 Å². The molecule has 1 amide bonds. The molecule has 0 aromatic carbocycles. The van der Waals surface area contributed by atoms with Crippen LogP contribution < -0.4 is 0 Å². The molecule has 0 aromatic heterocycles. The Labute approximate surface area is 67.0 Å². The number of hydrogen-bond donors (Lipinski definition) is 1. The van der Waals surface area contributed by atoms with Crippen molar-refractivity contribution in [1.29, 1.82) is 0 Å². The van der Waals surface area contributed by atoms with Gasteiger partial charge in [-0.2, -0.15) is 0 Å². The molecule has 1 aliphatic rings. The topological polar surface area (TPSA) is 40.5 Å². The van der Waals surface area contributed by atoms with Crippen LogP contribution >= 0.6 is 0 Å². The van der Waals surface area contributed by atoms with Gasteiger partial charge in [-0.25, -0.2) is 4.79 Å². The minimum absolute atomic E-state index is 0.205. The Morgan fingerprint density at radius 2 is 2.18 bits per heavy atom. The maximum Gasteiger partial charge on any atom is 0.407 e. The number of nitrogens with zero attached hydrogens (tertiary/aromatic N) is 1. The van der Waals surface area contributed by atoms with Crippen molar-refractivity contribution in [1.82, 2.24) is 4.90 Å². The van der Waals surface area contributed by atoms with Gasteiger partial charge in [0, 0.05) is 12.6 Å². The molecular weight excluding hydrogens is 142 g/mol. The minimum Gasteiger partial charge on any atom is -0.465 e. The molecule has 3 heteroatoms. The van der Waals surface area contributed by atoms with E-state index in [9.17, 15) is 4.79 Å². The lowest BCUT2D eigenvalue weighted by molar-refractivity contribution is 0.0992. The summed E-state index contributed by atoms with van der Waals surface area (Å²) in [6.07, 6.45) is 1.24. The van der Waals surface area contributed by atoms with E-state index in [2.05, 4.69) is 6.92 Å². The fraction of sp³-hybridized carbons (Fsp3) is 0.875. The summed E-state index contributed by atoms with van der Waals surface area (Å²) in [6, 6.07) is 0.205. The molecule has 1 N–H and O–H groups in total. The van der Waals surface area contributed by atoms with E-state index in [0.717, 1.165) is 12.8 Å². The van der Waals surface area contributed by atoms with Gasteiger partial charge in [0.2, 0.25) is 0 Å². The van der Waals surface area contributed by atoms with Crippen LogP contribution in [0.2, 0.25) is 0 Å². The predicted octanol–water partition coefficient (Wildman–Crippen LogP) is 1.78. The van der Waals surface area contributed by atoms with Gasteiger partial charge < -0.3 is 10.0 Å². The van der Waals surface area contributed by atoms with Crippen LogP contribution in [0.15, 0.2) is 0 Å². The van der Waals surface area contributed by atoms with E-state index in [1.807, 2.05) is 6.92 Å². The zero-order valence-electron chi connectivity index (χ0n) is 7.08. The van der Waals surface area contributed by atoms with Gasteiger partial charge in [0.1, 0.15) is 0 Å². The van der Waals surface area contributed by atoms with Gasteiger partial charge in [-0.15, -0.1) is 0 Å². The summed E-state index contributed by atoms with van der Waals surface area (Å²) in [6.45, 7) is 4.86. The molecule has 2 atom stereocenters. The smallest absolute Gasteiger partial charge is 0.407 e. The summed E-state index contributed by atoms with van der Waals surface area (Å²) >= 11 is 0. The average molecular weight is 157 g/mol. The molecular formula is C8H15NO2. The van der Waals surface area contributed by atoms with E-state index >= 15 is 0 Å². The SMILES string of the molecule is CC1CCN(C(=O)O)C(C)C1. The van der Waals surface area contributed by atoms with E-state index < -0.39 is 6.09 Å². The second-order valence-corrected chi connectivity index (χ2v) is 3.45. The van der Waals surface area contributed by atoms with Crippen LogP contribution in [0.4, 0.5) is 4.79 Å². The second-order valence-electron chi connectivity index (χ2n) is 3.45. The maximum atomic E-state index is 10.6. The summed E-state index contributed by atoms with van der Waals surface area (Å²) in [5.41, 5.74) is 0. The summed E-state index contributed by atoms with van der Waals surface area (Å²) in [5.74, 6) is 0.681. The molecule has 1 fully saturated rings. The van der Waals surface area contributed by atoms with E-state index in [1.165, 1.54) is 4.90 Å². The van der Waals surface area contributed by atoms with Crippen molar-refractivity contribution >= 4 is 6.09 Å². The molecule has 0 radical (unpaired) electrons. The van der Waals surface area contributed by atoms with Crippen molar-refractivity contribution < 1.29 is 9.90 Å². The first kappa shape index (κ1) is 8.37. The third-order valence-electron chi connectivity index (χ3n) is 2.38. The molecule has 1 aliphatic heterocycles. The molecule has 2 unspecified atom stereocenters. The fourth-order valence-corrected chi connectivity index (χ4v) is 1.69. The lowest BCUT2D eigenvalue weighted by Gasteiger charge is -2.34. The molecule has 3 nitrogen and oxygen atoms in total. The largest absolute Gasteiger partial charge is 0.465 e. The van der Waals surface area contributed by atoms with Crippen LogP contribution in [0.5, 0.6) is 0 Å². The summed E-state index contributed by atoms with van der Waals surface area (Å²) in [4.78, 5) is 12.1. The van der Waals surface area contributed by atoms with Gasteiger partial charge in [0.05, 0.1) is 0 Å². The zero-order chi connectivity index (χ0) is 8.43.